The van der Waals surface area contributed by atoms with Gasteiger partial charge in [0, 0.05) is 12.6 Å². The lowest BCUT2D eigenvalue weighted by atomic mass is 10.0. The Kier molecular flexibility index (Phi) is 3.28. The Morgan fingerprint density at radius 1 is 1.46 bits per heavy atom. The number of phenols is 1. The van der Waals surface area contributed by atoms with E-state index in [4.69, 9.17) is 10.8 Å². The molecule has 0 aromatic heterocycles. The fraction of sp³-hybridized carbons (Fsp3) is 0.400. The van der Waals surface area contributed by atoms with Gasteiger partial charge in [-0.2, -0.15) is 0 Å². The van der Waals surface area contributed by atoms with Crippen molar-refractivity contribution in [2.45, 2.75) is 19.4 Å². The largest absolute Gasteiger partial charge is 0.508 e. The molecule has 1 rings (SSSR count). The average molecular weight is 181 g/mol. The highest BCUT2D eigenvalue weighted by atomic mass is 16.3. The van der Waals surface area contributed by atoms with E-state index in [9.17, 15) is 5.11 Å². The molecule has 4 N–H and O–H groups in total. The molecule has 0 spiro atoms. The van der Waals surface area contributed by atoms with E-state index >= 15 is 0 Å². The van der Waals surface area contributed by atoms with Crippen molar-refractivity contribution in [3.63, 3.8) is 0 Å². The zero-order valence-corrected chi connectivity index (χ0v) is 7.70. The highest BCUT2D eigenvalue weighted by Gasteiger charge is 2.06. The molecule has 0 aliphatic rings. The van der Waals surface area contributed by atoms with Crippen LogP contribution < -0.4 is 5.73 Å². The Balaban J connectivity index is 2.84. The van der Waals surface area contributed by atoms with Gasteiger partial charge in [-0.25, -0.2) is 0 Å². The predicted molar refractivity (Wildman–Crippen MR) is 51.5 cm³/mol. The van der Waals surface area contributed by atoms with Crippen molar-refractivity contribution in [3.05, 3.63) is 29.3 Å². The van der Waals surface area contributed by atoms with Crippen LogP contribution in [0.2, 0.25) is 0 Å². The van der Waals surface area contributed by atoms with Crippen molar-refractivity contribution in [1.82, 2.24) is 0 Å². The fourth-order valence-corrected chi connectivity index (χ4v) is 1.16. The Bertz CT molecular complexity index is 286. The molecule has 0 heterocycles. The van der Waals surface area contributed by atoms with Crippen molar-refractivity contribution in [2.75, 3.05) is 6.61 Å². The first-order valence-electron chi connectivity index (χ1n) is 4.31. The molecule has 13 heavy (non-hydrogen) atoms. The first-order valence-corrected chi connectivity index (χ1v) is 4.31. The molecule has 0 aliphatic carbocycles. The Morgan fingerprint density at radius 3 is 2.69 bits per heavy atom. The lowest BCUT2D eigenvalue weighted by Crippen LogP contribution is -2.11. The summed E-state index contributed by atoms with van der Waals surface area (Å²) in [5, 5.41) is 18.1. The van der Waals surface area contributed by atoms with Gasteiger partial charge in [0.15, 0.2) is 0 Å². The molecule has 0 radical (unpaired) electrons. The van der Waals surface area contributed by atoms with E-state index in [1.165, 1.54) is 0 Å². The second-order valence-corrected chi connectivity index (χ2v) is 3.16. The third kappa shape index (κ3) is 2.44. The fourth-order valence-electron chi connectivity index (χ4n) is 1.16. The lowest BCUT2D eigenvalue weighted by molar-refractivity contribution is 0.276. The number of aliphatic hydroxyl groups excluding tert-OH is 1. The molecule has 0 amide bonds. The molecule has 1 aromatic rings. The number of hydrogen-bond donors (Lipinski definition) is 3. The smallest absolute Gasteiger partial charge is 0.118 e. The molecule has 0 saturated heterocycles. The maximum atomic E-state index is 9.40. The molecule has 72 valence electrons. The second-order valence-electron chi connectivity index (χ2n) is 3.16. The minimum atomic E-state index is -0.198. The zero-order valence-electron chi connectivity index (χ0n) is 7.70. The van der Waals surface area contributed by atoms with Crippen LogP contribution in [0.25, 0.3) is 0 Å². The van der Waals surface area contributed by atoms with Gasteiger partial charge in [-0.3, -0.25) is 0 Å². The Labute approximate surface area is 77.8 Å². The summed E-state index contributed by atoms with van der Waals surface area (Å²) < 4.78 is 0. The molecule has 1 atom stereocenters. The van der Waals surface area contributed by atoms with Crippen molar-refractivity contribution >= 4 is 0 Å². The summed E-state index contributed by atoms with van der Waals surface area (Å²) >= 11 is 0. The maximum Gasteiger partial charge on any atom is 0.118 e. The van der Waals surface area contributed by atoms with E-state index < -0.39 is 0 Å². The molecule has 3 heteroatoms. The van der Waals surface area contributed by atoms with Gasteiger partial charge in [0.05, 0.1) is 0 Å². The minimum Gasteiger partial charge on any atom is -0.508 e. The highest BCUT2D eigenvalue weighted by Crippen LogP contribution is 2.22. The standard InChI is InChI=1S/C10H15NO2/c1-7-2-3-8(6-10(7)13)9(11)4-5-12/h2-3,6,9,12-13H,4-5,11H2,1H3/t9-/m0/s1. The van der Waals surface area contributed by atoms with Gasteiger partial charge in [-0.1, -0.05) is 12.1 Å². The molecule has 1 aromatic carbocycles. The van der Waals surface area contributed by atoms with E-state index in [1.807, 2.05) is 19.1 Å². The van der Waals surface area contributed by atoms with Crippen LogP contribution in [0.1, 0.15) is 23.6 Å². The first kappa shape index (κ1) is 10.0. The van der Waals surface area contributed by atoms with Crippen LogP contribution in [0.3, 0.4) is 0 Å². The quantitative estimate of drug-likeness (QED) is 0.653. The number of aromatic hydroxyl groups is 1. The summed E-state index contributed by atoms with van der Waals surface area (Å²) in [6.07, 6.45) is 0.516. The monoisotopic (exact) mass is 181 g/mol. The van der Waals surface area contributed by atoms with Gasteiger partial charge in [0.1, 0.15) is 5.75 Å². The van der Waals surface area contributed by atoms with Crippen LogP contribution in [0.4, 0.5) is 0 Å². The van der Waals surface area contributed by atoms with Crippen LogP contribution in [0.15, 0.2) is 18.2 Å². The molecule has 0 aliphatic heterocycles. The maximum absolute atomic E-state index is 9.40. The SMILES string of the molecule is Cc1ccc([C@@H](N)CCO)cc1O. The van der Waals surface area contributed by atoms with E-state index in [0.29, 0.717) is 6.42 Å². The van der Waals surface area contributed by atoms with E-state index in [0.717, 1.165) is 11.1 Å². The summed E-state index contributed by atoms with van der Waals surface area (Å²) in [5.74, 6) is 0.255. The predicted octanol–water partition coefficient (Wildman–Crippen LogP) is 1.08. The number of phenolic OH excluding ortho intramolecular Hbond substituents is 1. The summed E-state index contributed by atoms with van der Waals surface area (Å²) in [6, 6.07) is 5.14. The lowest BCUT2D eigenvalue weighted by Gasteiger charge is -2.11. The van der Waals surface area contributed by atoms with E-state index in [-0.39, 0.29) is 18.4 Å². The van der Waals surface area contributed by atoms with Gasteiger partial charge < -0.3 is 15.9 Å². The summed E-state index contributed by atoms with van der Waals surface area (Å²) in [4.78, 5) is 0. The van der Waals surface area contributed by atoms with Crippen LogP contribution in [0, 0.1) is 6.92 Å². The molecule has 3 nitrogen and oxygen atoms in total. The number of rotatable bonds is 3. The van der Waals surface area contributed by atoms with Gasteiger partial charge in [0.2, 0.25) is 0 Å². The normalized spacial score (nSPS) is 12.8. The van der Waals surface area contributed by atoms with Gasteiger partial charge in [-0.05, 0) is 30.5 Å². The zero-order chi connectivity index (χ0) is 9.84. The number of nitrogens with two attached hydrogens (primary N) is 1. The van der Waals surface area contributed by atoms with Gasteiger partial charge >= 0.3 is 0 Å². The number of aryl methyl sites for hydroxylation is 1. The van der Waals surface area contributed by atoms with Gasteiger partial charge in [0.25, 0.3) is 0 Å². The van der Waals surface area contributed by atoms with Crippen molar-refractivity contribution in [3.8, 4) is 5.75 Å². The minimum absolute atomic E-state index is 0.0653. The first-order chi connectivity index (χ1) is 6.15. The molecule has 0 saturated carbocycles. The summed E-state index contributed by atoms with van der Waals surface area (Å²) in [5.41, 5.74) is 7.45. The Hall–Kier alpha value is -1.06. The molecule has 0 unspecified atom stereocenters. The van der Waals surface area contributed by atoms with E-state index in [2.05, 4.69) is 0 Å². The van der Waals surface area contributed by atoms with Crippen LogP contribution in [-0.2, 0) is 0 Å². The van der Waals surface area contributed by atoms with E-state index in [1.54, 1.807) is 6.07 Å². The van der Waals surface area contributed by atoms with Crippen molar-refractivity contribution in [2.24, 2.45) is 5.73 Å². The molecular weight excluding hydrogens is 166 g/mol. The van der Waals surface area contributed by atoms with Gasteiger partial charge in [-0.15, -0.1) is 0 Å². The van der Waals surface area contributed by atoms with Crippen LogP contribution >= 0.6 is 0 Å². The van der Waals surface area contributed by atoms with Crippen LogP contribution in [-0.4, -0.2) is 16.8 Å². The molecular formula is C10H15NO2. The number of aliphatic hydroxyl groups is 1. The Morgan fingerprint density at radius 2 is 2.15 bits per heavy atom. The topological polar surface area (TPSA) is 66.5 Å². The molecule has 0 fully saturated rings. The number of benzene rings is 1. The third-order valence-corrected chi connectivity index (χ3v) is 2.10. The summed E-state index contributed by atoms with van der Waals surface area (Å²) in [6.45, 7) is 1.90. The van der Waals surface area contributed by atoms with Crippen molar-refractivity contribution in [1.29, 1.82) is 0 Å². The summed E-state index contributed by atoms with van der Waals surface area (Å²) in [7, 11) is 0. The third-order valence-electron chi connectivity index (χ3n) is 2.10. The average Bonchev–Trinajstić information content (AvgIpc) is 2.10. The molecule has 0 bridgehead atoms. The number of hydrogen-bond acceptors (Lipinski definition) is 3. The van der Waals surface area contributed by atoms with Crippen LogP contribution in [0.5, 0.6) is 5.75 Å². The second kappa shape index (κ2) is 4.25. The van der Waals surface area contributed by atoms with Crippen molar-refractivity contribution < 1.29 is 10.2 Å². The highest BCUT2D eigenvalue weighted by molar-refractivity contribution is 5.36.